The molecule has 4 unspecified atom stereocenters. The largest absolute Gasteiger partial charge is 0.316 e. The lowest BCUT2D eigenvalue weighted by atomic mass is 9.78. The predicted octanol–water partition coefficient (Wildman–Crippen LogP) is 3.77. The zero-order valence-electron chi connectivity index (χ0n) is 21.4. The minimum absolute atomic E-state index is 0.373. The second-order valence-electron chi connectivity index (χ2n) is 13.4. The highest BCUT2D eigenvalue weighted by Gasteiger charge is 2.52. The van der Waals surface area contributed by atoms with Crippen molar-refractivity contribution in [2.45, 2.75) is 84.3 Å². The van der Waals surface area contributed by atoms with Gasteiger partial charge in [-0.25, -0.2) is 0 Å². The summed E-state index contributed by atoms with van der Waals surface area (Å²) in [6.45, 7) is 25.5. The summed E-state index contributed by atoms with van der Waals surface area (Å²) in [5, 5.41) is 3.62. The Kier molecular flexibility index (Phi) is 6.02. The zero-order valence-corrected chi connectivity index (χ0v) is 21.4. The van der Waals surface area contributed by atoms with Crippen molar-refractivity contribution in [3.63, 3.8) is 0 Å². The number of hydrogen-bond acceptors (Lipinski definition) is 4. The highest BCUT2D eigenvalue weighted by Crippen LogP contribution is 2.50. The number of likely N-dealkylation sites (tertiary alicyclic amines) is 3. The average Bonchev–Trinajstić information content (AvgIpc) is 3.46. The van der Waals surface area contributed by atoms with Gasteiger partial charge in [0.1, 0.15) is 0 Å². The third-order valence-corrected chi connectivity index (χ3v) is 11.0. The van der Waals surface area contributed by atoms with Gasteiger partial charge in [0.15, 0.2) is 0 Å². The van der Waals surface area contributed by atoms with Crippen molar-refractivity contribution in [2.24, 2.45) is 35.5 Å². The Bertz CT molecular complexity index is 609. The van der Waals surface area contributed by atoms with Gasteiger partial charge in [-0.15, -0.1) is 0 Å². The minimum atomic E-state index is 0.373. The number of rotatable bonds is 5. The first-order chi connectivity index (χ1) is 14.7. The van der Waals surface area contributed by atoms with Crippen LogP contribution in [0.5, 0.6) is 0 Å². The molecule has 4 atom stereocenters. The van der Waals surface area contributed by atoms with E-state index in [1.807, 2.05) is 0 Å². The molecule has 0 aromatic heterocycles. The van der Waals surface area contributed by atoms with Crippen LogP contribution in [0.1, 0.15) is 67.2 Å². The summed E-state index contributed by atoms with van der Waals surface area (Å²) in [5.41, 5.74) is 0.760. The van der Waals surface area contributed by atoms with Gasteiger partial charge in [0.2, 0.25) is 0 Å². The number of nitrogens with zero attached hydrogens (tertiary/aromatic N) is 3. The molecule has 0 aromatic carbocycles. The molecule has 178 valence electrons. The summed E-state index contributed by atoms with van der Waals surface area (Å²) in [6.07, 6.45) is 5.72. The smallest absolute Gasteiger partial charge is 0.0182 e. The van der Waals surface area contributed by atoms with E-state index in [0.29, 0.717) is 17.1 Å². The van der Waals surface area contributed by atoms with Crippen molar-refractivity contribution in [3.05, 3.63) is 0 Å². The third kappa shape index (κ3) is 4.02. The van der Waals surface area contributed by atoms with Crippen LogP contribution in [-0.2, 0) is 0 Å². The van der Waals surface area contributed by atoms with E-state index in [1.165, 1.54) is 78.0 Å². The first-order valence-electron chi connectivity index (χ1n) is 13.6. The first kappa shape index (κ1) is 22.6. The molecule has 4 aliphatic heterocycles. The summed E-state index contributed by atoms with van der Waals surface area (Å²) >= 11 is 0. The van der Waals surface area contributed by atoms with Gasteiger partial charge in [-0.3, -0.25) is 9.80 Å². The Hall–Kier alpha value is -0.160. The van der Waals surface area contributed by atoms with E-state index < -0.39 is 0 Å². The fourth-order valence-corrected chi connectivity index (χ4v) is 8.31. The molecule has 0 spiro atoms. The molecule has 5 rings (SSSR count). The molecule has 0 aromatic rings. The van der Waals surface area contributed by atoms with Crippen LogP contribution in [0.4, 0.5) is 0 Å². The van der Waals surface area contributed by atoms with Crippen molar-refractivity contribution < 1.29 is 0 Å². The Balaban J connectivity index is 1.16. The van der Waals surface area contributed by atoms with E-state index >= 15 is 0 Å². The van der Waals surface area contributed by atoms with Gasteiger partial charge in [-0.1, -0.05) is 0 Å². The summed E-state index contributed by atoms with van der Waals surface area (Å²) in [5.74, 6) is 5.49. The summed E-state index contributed by atoms with van der Waals surface area (Å²) in [6, 6.07) is 0.710. The molecule has 1 N–H and O–H groups in total. The lowest BCUT2D eigenvalue weighted by molar-refractivity contribution is 0.0242. The normalized spacial score (nSPS) is 39.0. The van der Waals surface area contributed by atoms with Crippen LogP contribution in [0.2, 0.25) is 0 Å². The van der Waals surface area contributed by atoms with Gasteiger partial charge in [-0.05, 0) is 129 Å². The monoisotopic (exact) mass is 430 g/mol. The molecular formula is C27H50N4. The molecule has 31 heavy (non-hydrogen) atoms. The van der Waals surface area contributed by atoms with Gasteiger partial charge < -0.3 is 10.2 Å². The number of hydrogen-bond donors (Lipinski definition) is 1. The molecule has 4 heterocycles. The van der Waals surface area contributed by atoms with Gasteiger partial charge in [0.25, 0.3) is 0 Å². The lowest BCUT2D eigenvalue weighted by Gasteiger charge is -2.47. The lowest BCUT2D eigenvalue weighted by Crippen LogP contribution is -2.53. The SMILES string of the molecule is CC(C)N1CCC(C(C)(C)N2CC3CC(C(C)(C)N4CC5CNCC5C4)CC3C2)CC1. The zero-order chi connectivity index (χ0) is 22.0. The standard InChI is InChI=1S/C27H50N4/c1-19(2)29-9-7-24(8-10-29)26(3,4)30-15-20-11-25(12-21(20)16-30)27(5,6)31-17-22-13-28-14-23(22)18-31/h19-25,28H,7-18H2,1-6H3. The van der Waals surface area contributed by atoms with Crippen molar-refractivity contribution >= 4 is 0 Å². The van der Waals surface area contributed by atoms with Gasteiger partial charge in [0.05, 0.1) is 0 Å². The second-order valence-corrected chi connectivity index (χ2v) is 13.4. The summed E-state index contributed by atoms with van der Waals surface area (Å²) in [7, 11) is 0. The van der Waals surface area contributed by atoms with E-state index in [-0.39, 0.29) is 0 Å². The van der Waals surface area contributed by atoms with E-state index in [1.54, 1.807) is 0 Å². The Morgan fingerprint density at radius 2 is 1.13 bits per heavy atom. The Morgan fingerprint density at radius 1 is 0.677 bits per heavy atom. The van der Waals surface area contributed by atoms with Crippen molar-refractivity contribution in [2.75, 3.05) is 52.4 Å². The molecular weight excluding hydrogens is 380 g/mol. The van der Waals surface area contributed by atoms with E-state index in [0.717, 1.165) is 35.5 Å². The summed E-state index contributed by atoms with van der Waals surface area (Å²) in [4.78, 5) is 8.49. The highest BCUT2D eigenvalue weighted by atomic mass is 15.3. The van der Waals surface area contributed by atoms with Crippen LogP contribution in [0.15, 0.2) is 0 Å². The maximum absolute atomic E-state index is 3.62. The quantitative estimate of drug-likeness (QED) is 0.717. The van der Waals surface area contributed by atoms with E-state index in [2.05, 4.69) is 61.6 Å². The van der Waals surface area contributed by atoms with Gasteiger partial charge >= 0.3 is 0 Å². The molecule has 1 saturated carbocycles. The van der Waals surface area contributed by atoms with Crippen LogP contribution in [0, 0.1) is 35.5 Å². The number of piperidine rings is 1. The minimum Gasteiger partial charge on any atom is -0.316 e. The molecule has 4 heteroatoms. The topological polar surface area (TPSA) is 21.8 Å². The number of nitrogens with one attached hydrogen (secondary N) is 1. The first-order valence-corrected chi connectivity index (χ1v) is 13.6. The molecule has 0 bridgehead atoms. The Morgan fingerprint density at radius 3 is 1.61 bits per heavy atom. The van der Waals surface area contributed by atoms with Crippen LogP contribution < -0.4 is 5.32 Å². The fraction of sp³-hybridized carbons (Fsp3) is 1.00. The van der Waals surface area contributed by atoms with Crippen LogP contribution in [0.25, 0.3) is 0 Å². The highest BCUT2D eigenvalue weighted by molar-refractivity contribution is 5.06. The predicted molar refractivity (Wildman–Crippen MR) is 130 cm³/mol. The molecule has 4 nitrogen and oxygen atoms in total. The van der Waals surface area contributed by atoms with Crippen molar-refractivity contribution in [3.8, 4) is 0 Å². The third-order valence-electron chi connectivity index (χ3n) is 11.0. The van der Waals surface area contributed by atoms with Crippen LogP contribution >= 0.6 is 0 Å². The molecule has 0 radical (unpaired) electrons. The van der Waals surface area contributed by atoms with E-state index in [4.69, 9.17) is 0 Å². The molecule has 4 saturated heterocycles. The van der Waals surface area contributed by atoms with Crippen molar-refractivity contribution in [1.82, 2.24) is 20.0 Å². The maximum Gasteiger partial charge on any atom is 0.0182 e. The summed E-state index contributed by atoms with van der Waals surface area (Å²) < 4.78 is 0. The Labute approximate surface area is 192 Å². The van der Waals surface area contributed by atoms with E-state index in [9.17, 15) is 0 Å². The fourth-order valence-electron chi connectivity index (χ4n) is 8.31. The maximum atomic E-state index is 3.62. The van der Waals surface area contributed by atoms with Gasteiger partial charge in [-0.2, -0.15) is 0 Å². The molecule has 0 amide bonds. The van der Waals surface area contributed by atoms with Crippen LogP contribution in [-0.4, -0.2) is 84.2 Å². The van der Waals surface area contributed by atoms with Crippen molar-refractivity contribution in [1.29, 1.82) is 0 Å². The average molecular weight is 431 g/mol. The number of fused-ring (bicyclic) bond motifs is 2. The molecule has 5 fully saturated rings. The van der Waals surface area contributed by atoms with Crippen LogP contribution in [0.3, 0.4) is 0 Å². The molecule has 5 aliphatic rings. The second kappa shape index (κ2) is 8.25. The van der Waals surface area contributed by atoms with Gasteiger partial charge in [0, 0.05) is 43.3 Å². The molecule has 1 aliphatic carbocycles.